The molecule has 0 aromatic heterocycles. The van der Waals surface area contributed by atoms with Crippen molar-refractivity contribution in [3.8, 4) is 0 Å². The van der Waals surface area contributed by atoms with E-state index in [1.54, 1.807) is 6.92 Å². The van der Waals surface area contributed by atoms with Crippen LogP contribution in [-0.4, -0.2) is 36.3 Å². The van der Waals surface area contributed by atoms with Crippen molar-refractivity contribution in [2.45, 2.75) is 13.3 Å². The van der Waals surface area contributed by atoms with Gasteiger partial charge in [0, 0.05) is 13.0 Å². The lowest BCUT2D eigenvalue weighted by Crippen LogP contribution is -2.25. The smallest absolute Gasteiger partial charge is 0.311 e. The summed E-state index contributed by atoms with van der Waals surface area (Å²) in [5, 5.41) is 0. The van der Waals surface area contributed by atoms with Crippen molar-refractivity contribution in [2.75, 3.05) is 13.2 Å². The largest absolute Gasteiger partial charge is 0.466 e. The molecule has 0 bridgehead atoms. The lowest BCUT2D eigenvalue weighted by molar-refractivity contribution is -0.147. The van der Waals surface area contributed by atoms with Crippen molar-refractivity contribution >= 4 is 18.3 Å². The van der Waals surface area contributed by atoms with E-state index in [-0.39, 0.29) is 18.9 Å². The number of hydrogen-bond donors (Lipinski definition) is 0. The van der Waals surface area contributed by atoms with E-state index in [0.717, 1.165) is 4.90 Å². The van der Waals surface area contributed by atoms with Crippen LogP contribution in [0, 0.1) is 5.92 Å². The summed E-state index contributed by atoms with van der Waals surface area (Å²) in [4.78, 5) is 33.4. The number of carbonyl (C=O) groups is 3. The van der Waals surface area contributed by atoms with Crippen molar-refractivity contribution in [3.63, 3.8) is 0 Å². The second-order valence-corrected chi connectivity index (χ2v) is 2.80. The highest BCUT2D eigenvalue weighted by molar-refractivity contribution is 5.92. The molecule has 0 aromatic carbocycles. The summed E-state index contributed by atoms with van der Waals surface area (Å²) in [5.74, 6) is -1.19. The van der Waals surface area contributed by atoms with Crippen LogP contribution in [0.2, 0.25) is 0 Å². The fourth-order valence-corrected chi connectivity index (χ4v) is 1.25. The highest BCUT2D eigenvalue weighted by atomic mass is 16.5. The summed E-state index contributed by atoms with van der Waals surface area (Å²) < 4.78 is 4.73. The molecule has 2 amide bonds. The maximum Gasteiger partial charge on any atom is 0.311 e. The molecule has 1 aliphatic heterocycles. The van der Waals surface area contributed by atoms with Crippen LogP contribution in [0.25, 0.3) is 0 Å². The molecule has 0 aromatic rings. The van der Waals surface area contributed by atoms with Crippen LogP contribution >= 0.6 is 0 Å². The third-order valence-electron chi connectivity index (χ3n) is 1.91. The Hall–Kier alpha value is -1.39. The Morgan fingerprint density at radius 3 is 2.92 bits per heavy atom. The third kappa shape index (κ3) is 2.05. The van der Waals surface area contributed by atoms with Crippen molar-refractivity contribution in [2.24, 2.45) is 5.92 Å². The van der Waals surface area contributed by atoms with Gasteiger partial charge in [0.25, 0.3) is 0 Å². The minimum absolute atomic E-state index is 0.0809. The Labute approximate surface area is 75.6 Å². The van der Waals surface area contributed by atoms with Gasteiger partial charge in [0.05, 0.1) is 12.5 Å². The Balaban J connectivity index is 2.52. The van der Waals surface area contributed by atoms with Gasteiger partial charge in [-0.05, 0) is 6.92 Å². The van der Waals surface area contributed by atoms with Crippen LogP contribution in [0.3, 0.4) is 0 Å². The standard InChI is InChI=1S/C8H11NO4/c1-2-13-8(12)6-3-7(11)9(4-6)5-10/h5-6H,2-4H2,1H3/t6-/m0/s1. The zero-order valence-corrected chi connectivity index (χ0v) is 7.36. The summed E-state index contributed by atoms with van der Waals surface area (Å²) in [5.41, 5.74) is 0. The molecule has 1 aliphatic rings. The highest BCUT2D eigenvalue weighted by Crippen LogP contribution is 2.17. The molecule has 13 heavy (non-hydrogen) atoms. The number of hydrogen-bond acceptors (Lipinski definition) is 4. The van der Waals surface area contributed by atoms with E-state index in [2.05, 4.69) is 0 Å². The van der Waals surface area contributed by atoms with Gasteiger partial charge in [-0.2, -0.15) is 0 Å². The first-order valence-electron chi connectivity index (χ1n) is 4.10. The predicted octanol–water partition coefficient (Wildman–Crippen LogP) is -0.446. The molecular formula is C8H11NO4. The summed E-state index contributed by atoms with van der Waals surface area (Å²) in [6, 6.07) is 0. The zero-order valence-electron chi connectivity index (χ0n) is 7.36. The molecule has 0 spiro atoms. The Morgan fingerprint density at radius 2 is 2.46 bits per heavy atom. The predicted molar refractivity (Wildman–Crippen MR) is 42.5 cm³/mol. The average Bonchev–Trinajstić information content (AvgIpc) is 2.47. The molecule has 1 atom stereocenters. The quantitative estimate of drug-likeness (QED) is 0.441. The zero-order chi connectivity index (χ0) is 9.84. The Morgan fingerprint density at radius 1 is 1.77 bits per heavy atom. The van der Waals surface area contributed by atoms with Gasteiger partial charge in [-0.25, -0.2) is 0 Å². The average molecular weight is 185 g/mol. The van der Waals surface area contributed by atoms with Crippen LogP contribution in [0.1, 0.15) is 13.3 Å². The van der Waals surface area contributed by atoms with Crippen LogP contribution in [0.15, 0.2) is 0 Å². The monoisotopic (exact) mass is 185 g/mol. The Bertz CT molecular complexity index is 238. The van der Waals surface area contributed by atoms with Gasteiger partial charge in [0.2, 0.25) is 12.3 Å². The van der Waals surface area contributed by atoms with Crippen molar-refractivity contribution < 1.29 is 19.1 Å². The second kappa shape index (κ2) is 4.02. The van der Waals surface area contributed by atoms with Gasteiger partial charge in [0.15, 0.2) is 0 Å². The van der Waals surface area contributed by atoms with Gasteiger partial charge in [0.1, 0.15) is 0 Å². The molecule has 5 nitrogen and oxygen atoms in total. The maximum atomic E-state index is 11.1. The molecule has 5 heteroatoms. The number of likely N-dealkylation sites (tertiary alicyclic amines) is 1. The molecule has 0 radical (unpaired) electrons. The molecule has 1 rings (SSSR count). The van der Waals surface area contributed by atoms with Crippen LogP contribution in [-0.2, 0) is 19.1 Å². The van der Waals surface area contributed by atoms with Gasteiger partial charge in [-0.15, -0.1) is 0 Å². The lowest BCUT2D eigenvalue weighted by Gasteiger charge is -2.07. The first-order chi connectivity index (χ1) is 6.19. The second-order valence-electron chi connectivity index (χ2n) is 2.80. The Kier molecular flexibility index (Phi) is 3.00. The summed E-state index contributed by atoms with van der Waals surface area (Å²) in [7, 11) is 0. The third-order valence-corrected chi connectivity index (χ3v) is 1.91. The van der Waals surface area contributed by atoms with Crippen molar-refractivity contribution in [1.82, 2.24) is 4.90 Å². The van der Waals surface area contributed by atoms with Gasteiger partial charge < -0.3 is 4.74 Å². The fourth-order valence-electron chi connectivity index (χ4n) is 1.25. The molecular weight excluding hydrogens is 174 g/mol. The molecule has 1 heterocycles. The number of ether oxygens (including phenoxy) is 1. The van der Waals surface area contributed by atoms with Gasteiger partial charge >= 0.3 is 5.97 Å². The van der Waals surface area contributed by atoms with E-state index in [1.807, 2.05) is 0 Å². The normalized spacial score (nSPS) is 21.8. The van der Waals surface area contributed by atoms with E-state index >= 15 is 0 Å². The molecule has 0 N–H and O–H groups in total. The van der Waals surface area contributed by atoms with Crippen LogP contribution < -0.4 is 0 Å². The van der Waals surface area contributed by atoms with Crippen LogP contribution in [0.4, 0.5) is 0 Å². The number of rotatable bonds is 3. The van der Waals surface area contributed by atoms with Gasteiger partial charge in [-0.3, -0.25) is 19.3 Å². The number of carbonyl (C=O) groups excluding carboxylic acids is 3. The molecule has 0 aliphatic carbocycles. The van der Waals surface area contributed by atoms with E-state index in [1.165, 1.54) is 0 Å². The first-order valence-corrected chi connectivity index (χ1v) is 4.10. The highest BCUT2D eigenvalue weighted by Gasteiger charge is 2.34. The minimum atomic E-state index is -0.474. The molecule has 72 valence electrons. The summed E-state index contributed by atoms with van der Waals surface area (Å²) >= 11 is 0. The SMILES string of the molecule is CCOC(=O)[C@H]1CC(=O)N(C=O)C1. The number of nitrogens with zero attached hydrogens (tertiary/aromatic N) is 1. The summed E-state index contributed by atoms with van der Waals surface area (Å²) in [6.07, 6.45) is 0.527. The number of amides is 2. The first kappa shape index (κ1) is 9.70. The van der Waals surface area contributed by atoms with Crippen molar-refractivity contribution in [3.05, 3.63) is 0 Å². The lowest BCUT2D eigenvalue weighted by atomic mass is 10.1. The topological polar surface area (TPSA) is 63.7 Å². The molecule has 0 saturated carbocycles. The van der Waals surface area contributed by atoms with Gasteiger partial charge in [-0.1, -0.05) is 0 Å². The van der Waals surface area contributed by atoms with Crippen LogP contribution in [0.5, 0.6) is 0 Å². The fraction of sp³-hybridized carbons (Fsp3) is 0.625. The number of esters is 1. The number of imide groups is 1. The molecule has 1 saturated heterocycles. The van der Waals surface area contributed by atoms with E-state index in [0.29, 0.717) is 13.0 Å². The van der Waals surface area contributed by atoms with E-state index < -0.39 is 11.9 Å². The summed E-state index contributed by atoms with van der Waals surface area (Å²) in [6.45, 7) is 2.15. The van der Waals surface area contributed by atoms with E-state index in [4.69, 9.17) is 4.74 Å². The maximum absolute atomic E-state index is 11.1. The minimum Gasteiger partial charge on any atom is -0.466 e. The molecule has 1 fully saturated rings. The van der Waals surface area contributed by atoms with E-state index in [9.17, 15) is 14.4 Å². The molecule has 0 unspecified atom stereocenters. The van der Waals surface area contributed by atoms with Crippen molar-refractivity contribution in [1.29, 1.82) is 0 Å².